The highest BCUT2D eigenvalue weighted by Gasteiger charge is 2.19. The molecule has 0 saturated carbocycles. The number of carbonyl (C=O) groups excluding carboxylic acids is 1. The molecule has 1 fully saturated rings. The Bertz CT molecular complexity index is 961. The molecule has 1 saturated heterocycles. The minimum absolute atomic E-state index is 0.0621. The molecule has 1 aliphatic rings. The predicted molar refractivity (Wildman–Crippen MR) is 121 cm³/mol. The molecule has 0 unspecified atom stereocenters. The first-order valence-electron chi connectivity index (χ1n) is 10.3. The number of piperazine rings is 1. The van der Waals surface area contributed by atoms with Crippen molar-refractivity contribution in [2.75, 3.05) is 31.1 Å². The number of ether oxygens (including phenoxy) is 1. The molecule has 4 rings (SSSR count). The molecule has 0 atom stereocenters. The molecule has 0 spiro atoms. The van der Waals surface area contributed by atoms with E-state index in [1.807, 2.05) is 83.8 Å². The summed E-state index contributed by atoms with van der Waals surface area (Å²) in [7, 11) is 0. The average molecular weight is 399 g/mol. The summed E-state index contributed by atoms with van der Waals surface area (Å²) in [6.45, 7) is 3.74. The van der Waals surface area contributed by atoms with Crippen molar-refractivity contribution in [2.24, 2.45) is 0 Å². The fraction of sp³-hybridized carbons (Fsp3) is 0.192. The normalized spacial score (nSPS) is 14.1. The largest absolute Gasteiger partial charge is 0.489 e. The fourth-order valence-electron chi connectivity index (χ4n) is 3.51. The summed E-state index contributed by atoms with van der Waals surface area (Å²) < 4.78 is 5.81. The van der Waals surface area contributed by atoms with Gasteiger partial charge in [-0.2, -0.15) is 0 Å². The van der Waals surface area contributed by atoms with E-state index < -0.39 is 0 Å². The van der Waals surface area contributed by atoms with Gasteiger partial charge >= 0.3 is 0 Å². The van der Waals surface area contributed by atoms with Crippen LogP contribution < -0.4 is 9.64 Å². The van der Waals surface area contributed by atoms with Crippen molar-refractivity contribution in [1.29, 1.82) is 0 Å². The molecule has 0 N–H and O–H groups in total. The molecule has 3 aromatic rings. The van der Waals surface area contributed by atoms with Crippen LogP contribution >= 0.6 is 0 Å². The lowest BCUT2D eigenvalue weighted by Gasteiger charge is -2.35. The molecule has 4 heteroatoms. The van der Waals surface area contributed by atoms with Gasteiger partial charge in [0.1, 0.15) is 12.4 Å². The molecule has 0 aromatic heterocycles. The minimum Gasteiger partial charge on any atom is -0.489 e. The number of para-hydroxylation sites is 1. The van der Waals surface area contributed by atoms with E-state index in [2.05, 4.69) is 17.0 Å². The molecule has 4 nitrogen and oxygen atoms in total. The number of rotatable bonds is 6. The van der Waals surface area contributed by atoms with Crippen LogP contribution in [0.5, 0.6) is 5.75 Å². The predicted octanol–water partition coefficient (Wildman–Crippen LogP) is 4.63. The second kappa shape index (κ2) is 9.79. The van der Waals surface area contributed by atoms with Gasteiger partial charge in [0.15, 0.2) is 0 Å². The van der Waals surface area contributed by atoms with Crippen molar-refractivity contribution in [3.05, 3.63) is 102 Å². The Kier molecular flexibility index (Phi) is 6.45. The summed E-state index contributed by atoms with van der Waals surface area (Å²) in [5.41, 5.74) is 3.34. The number of benzene rings is 3. The van der Waals surface area contributed by atoms with Gasteiger partial charge in [-0.25, -0.2) is 0 Å². The van der Waals surface area contributed by atoms with Gasteiger partial charge in [-0.3, -0.25) is 4.79 Å². The van der Waals surface area contributed by atoms with E-state index in [0.29, 0.717) is 6.61 Å². The van der Waals surface area contributed by atoms with Crippen molar-refractivity contribution in [1.82, 2.24) is 4.90 Å². The molecule has 0 bridgehead atoms. The molecule has 152 valence electrons. The van der Waals surface area contributed by atoms with Crippen LogP contribution in [-0.2, 0) is 11.4 Å². The Morgan fingerprint density at radius 1 is 0.800 bits per heavy atom. The monoisotopic (exact) mass is 398 g/mol. The number of nitrogens with zero attached hydrogens (tertiary/aromatic N) is 2. The summed E-state index contributed by atoms with van der Waals surface area (Å²) in [6, 6.07) is 28.3. The summed E-state index contributed by atoms with van der Waals surface area (Å²) in [4.78, 5) is 16.8. The van der Waals surface area contributed by atoms with Crippen molar-refractivity contribution >= 4 is 17.7 Å². The number of carbonyl (C=O) groups is 1. The van der Waals surface area contributed by atoms with Crippen molar-refractivity contribution in [2.45, 2.75) is 6.61 Å². The Labute approximate surface area is 178 Å². The minimum atomic E-state index is 0.0621. The van der Waals surface area contributed by atoms with Crippen LogP contribution in [0.2, 0.25) is 0 Å². The van der Waals surface area contributed by atoms with Crippen LogP contribution in [-0.4, -0.2) is 37.0 Å². The van der Waals surface area contributed by atoms with Crippen LogP contribution in [0.4, 0.5) is 5.69 Å². The average Bonchev–Trinajstić information content (AvgIpc) is 2.83. The maximum atomic E-state index is 12.5. The number of amides is 1. The second-order valence-electron chi connectivity index (χ2n) is 7.32. The highest BCUT2D eigenvalue weighted by molar-refractivity contribution is 5.92. The molecule has 1 heterocycles. The first kappa shape index (κ1) is 19.8. The highest BCUT2D eigenvalue weighted by Crippen LogP contribution is 2.17. The molecule has 0 radical (unpaired) electrons. The van der Waals surface area contributed by atoms with Gasteiger partial charge in [0.05, 0.1) is 0 Å². The van der Waals surface area contributed by atoms with E-state index in [1.165, 1.54) is 5.69 Å². The quantitative estimate of drug-likeness (QED) is 0.568. The van der Waals surface area contributed by atoms with Gasteiger partial charge in [-0.1, -0.05) is 60.7 Å². The van der Waals surface area contributed by atoms with Crippen molar-refractivity contribution < 1.29 is 9.53 Å². The third-order valence-electron chi connectivity index (χ3n) is 5.26. The van der Waals surface area contributed by atoms with Crippen LogP contribution in [0.3, 0.4) is 0 Å². The lowest BCUT2D eigenvalue weighted by Crippen LogP contribution is -2.48. The molecule has 1 amide bonds. The van der Waals surface area contributed by atoms with Crippen molar-refractivity contribution in [3.8, 4) is 5.75 Å². The van der Waals surface area contributed by atoms with Gasteiger partial charge in [-0.15, -0.1) is 0 Å². The summed E-state index contributed by atoms with van der Waals surface area (Å²) in [5.74, 6) is 0.881. The van der Waals surface area contributed by atoms with Gasteiger partial charge in [0.25, 0.3) is 0 Å². The lowest BCUT2D eigenvalue weighted by molar-refractivity contribution is -0.126. The third-order valence-corrected chi connectivity index (χ3v) is 5.26. The first-order valence-corrected chi connectivity index (χ1v) is 10.3. The Hall–Kier alpha value is -3.53. The SMILES string of the molecule is O=C(/C=C/c1ccc(OCc2ccccc2)cc1)N1CCN(c2ccccc2)CC1. The zero-order valence-corrected chi connectivity index (χ0v) is 17.0. The molecule has 30 heavy (non-hydrogen) atoms. The highest BCUT2D eigenvalue weighted by atomic mass is 16.5. The van der Waals surface area contributed by atoms with E-state index in [9.17, 15) is 4.79 Å². The van der Waals surface area contributed by atoms with Crippen LogP contribution in [0, 0.1) is 0 Å². The van der Waals surface area contributed by atoms with Crippen LogP contribution in [0.1, 0.15) is 11.1 Å². The summed E-state index contributed by atoms with van der Waals surface area (Å²) >= 11 is 0. The molecular formula is C26H26N2O2. The molecule has 0 aliphatic carbocycles. The maximum Gasteiger partial charge on any atom is 0.246 e. The zero-order chi connectivity index (χ0) is 20.6. The maximum absolute atomic E-state index is 12.5. The van der Waals surface area contributed by atoms with Crippen LogP contribution in [0.15, 0.2) is 91.0 Å². The van der Waals surface area contributed by atoms with Gasteiger partial charge < -0.3 is 14.5 Å². The van der Waals surface area contributed by atoms with E-state index in [0.717, 1.165) is 43.1 Å². The zero-order valence-electron chi connectivity index (χ0n) is 17.0. The van der Waals surface area contributed by atoms with Gasteiger partial charge in [-0.05, 0) is 41.5 Å². The first-order chi connectivity index (χ1) is 14.8. The Morgan fingerprint density at radius 3 is 2.10 bits per heavy atom. The van der Waals surface area contributed by atoms with E-state index in [4.69, 9.17) is 4.74 Å². The van der Waals surface area contributed by atoms with Crippen LogP contribution in [0.25, 0.3) is 6.08 Å². The number of hydrogen-bond acceptors (Lipinski definition) is 3. The number of anilines is 1. The fourth-order valence-corrected chi connectivity index (χ4v) is 3.51. The topological polar surface area (TPSA) is 32.8 Å². The summed E-state index contributed by atoms with van der Waals surface area (Å²) in [5, 5.41) is 0. The standard InChI is InChI=1S/C26H26N2O2/c29-26(28-19-17-27(18-20-28)24-9-5-2-6-10-24)16-13-22-11-14-25(15-12-22)30-21-23-7-3-1-4-8-23/h1-16H,17-21H2/b16-13+. The Morgan fingerprint density at radius 2 is 1.43 bits per heavy atom. The molecule has 1 aliphatic heterocycles. The summed E-state index contributed by atoms with van der Waals surface area (Å²) in [6.07, 6.45) is 3.53. The van der Waals surface area contributed by atoms with Crippen molar-refractivity contribution in [3.63, 3.8) is 0 Å². The lowest BCUT2D eigenvalue weighted by atomic mass is 10.2. The Balaban J connectivity index is 1.26. The van der Waals surface area contributed by atoms with E-state index in [1.54, 1.807) is 6.08 Å². The van der Waals surface area contributed by atoms with E-state index in [-0.39, 0.29) is 5.91 Å². The second-order valence-corrected chi connectivity index (χ2v) is 7.32. The smallest absolute Gasteiger partial charge is 0.246 e. The van der Waals surface area contributed by atoms with Gasteiger partial charge in [0.2, 0.25) is 5.91 Å². The number of hydrogen-bond donors (Lipinski definition) is 0. The molecular weight excluding hydrogens is 372 g/mol. The molecule has 3 aromatic carbocycles. The van der Waals surface area contributed by atoms with Gasteiger partial charge in [0, 0.05) is 37.9 Å². The van der Waals surface area contributed by atoms with E-state index >= 15 is 0 Å². The third kappa shape index (κ3) is 5.29.